The van der Waals surface area contributed by atoms with E-state index >= 15 is 0 Å². The van der Waals surface area contributed by atoms with Gasteiger partial charge >= 0.3 is 6.36 Å². The van der Waals surface area contributed by atoms with Gasteiger partial charge < -0.3 is 16.2 Å². The van der Waals surface area contributed by atoms with Crippen molar-refractivity contribution < 1.29 is 17.9 Å². The third-order valence-corrected chi connectivity index (χ3v) is 1.28. The number of alkyl halides is 3. The van der Waals surface area contributed by atoms with Crippen LogP contribution in [0.25, 0.3) is 0 Å². The van der Waals surface area contributed by atoms with Gasteiger partial charge in [0.1, 0.15) is 0 Å². The summed E-state index contributed by atoms with van der Waals surface area (Å²) >= 11 is 0. The Kier molecular flexibility index (Phi) is 2.28. The van der Waals surface area contributed by atoms with Crippen molar-refractivity contribution in [2.75, 3.05) is 11.5 Å². The normalized spacial score (nSPS) is 11.4. The summed E-state index contributed by atoms with van der Waals surface area (Å²) in [6.07, 6.45) is -4.91. The van der Waals surface area contributed by atoms with Crippen LogP contribution in [0, 0.1) is 0 Å². The van der Waals surface area contributed by atoms with Gasteiger partial charge in [0.2, 0.25) is 5.88 Å². The first-order valence-corrected chi connectivity index (χ1v) is 3.33. The Labute approximate surface area is 75.5 Å². The van der Waals surface area contributed by atoms with Crippen LogP contribution < -0.4 is 21.8 Å². The molecule has 8 heteroatoms. The molecule has 0 amide bonds. The van der Waals surface area contributed by atoms with Gasteiger partial charge in [-0.2, -0.15) is 0 Å². The summed E-state index contributed by atoms with van der Waals surface area (Å²) in [4.78, 5) is 12.5. The van der Waals surface area contributed by atoms with E-state index in [1.54, 1.807) is 4.98 Å². The van der Waals surface area contributed by atoms with Gasteiger partial charge in [-0.15, -0.1) is 13.2 Å². The monoisotopic (exact) mass is 209 g/mol. The molecular formula is C6H6F3N3O2. The Morgan fingerprint density at radius 2 is 1.86 bits per heavy atom. The van der Waals surface area contributed by atoms with Crippen LogP contribution >= 0.6 is 0 Å². The van der Waals surface area contributed by atoms with Crippen LogP contribution in [-0.2, 0) is 0 Å². The number of hydrogen-bond donors (Lipinski definition) is 3. The molecule has 1 heterocycles. The fourth-order valence-corrected chi connectivity index (χ4v) is 0.746. The van der Waals surface area contributed by atoms with Gasteiger partial charge in [-0.25, -0.2) is 0 Å². The van der Waals surface area contributed by atoms with Crippen LogP contribution in [0.2, 0.25) is 0 Å². The van der Waals surface area contributed by atoms with E-state index in [9.17, 15) is 18.0 Å². The zero-order valence-electron chi connectivity index (χ0n) is 6.68. The number of nitrogens with one attached hydrogen (secondary N) is 1. The van der Waals surface area contributed by atoms with Gasteiger partial charge in [0.25, 0.3) is 5.56 Å². The molecular weight excluding hydrogens is 203 g/mol. The van der Waals surface area contributed by atoms with E-state index < -0.39 is 17.8 Å². The van der Waals surface area contributed by atoms with Crippen LogP contribution in [0.5, 0.6) is 5.88 Å². The maximum Gasteiger partial charge on any atom is 0.574 e. The summed E-state index contributed by atoms with van der Waals surface area (Å²) in [6, 6.07) is 0.889. The molecule has 0 unspecified atom stereocenters. The van der Waals surface area contributed by atoms with E-state index in [2.05, 4.69) is 4.74 Å². The first-order valence-electron chi connectivity index (χ1n) is 3.33. The van der Waals surface area contributed by atoms with Crippen molar-refractivity contribution in [1.29, 1.82) is 0 Å². The van der Waals surface area contributed by atoms with Gasteiger partial charge in [0.15, 0.2) is 0 Å². The molecule has 0 aromatic carbocycles. The predicted molar refractivity (Wildman–Crippen MR) is 42.6 cm³/mol. The molecule has 5 nitrogen and oxygen atoms in total. The van der Waals surface area contributed by atoms with Gasteiger partial charge in [-0.3, -0.25) is 9.78 Å². The molecule has 0 atom stereocenters. The van der Waals surface area contributed by atoms with Gasteiger partial charge in [0, 0.05) is 0 Å². The third kappa shape index (κ3) is 2.31. The highest BCUT2D eigenvalue weighted by Gasteiger charge is 2.32. The smallest absolute Gasteiger partial charge is 0.394 e. The van der Waals surface area contributed by atoms with Crippen LogP contribution in [-0.4, -0.2) is 11.3 Å². The lowest BCUT2D eigenvalue weighted by Gasteiger charge is -2.10. The molecule has 78 valence electrons. The Morgan fingerprint density at radius 1 is 1.29 bits per heavy atom. The van der Waals surface area contributed by atoms with Gasteiger partial charge in [-0.1, -0.05) is 0 Å². The van der Waals surface area contributed by atoms with Crippen molar-refractivity contribution >= 4 is 11.4 Å². The molecule has 0 aliphatic heterocycles. The zero-order chi connectivity index (χ0) is 10.9. The molecule has 5 N–H and O–H groups in total. The first-order chi connectivity index (χ1) is 6.29. The summed E-state index contributed by atoms with van der Waals surface area (Å²) < 4.78 is 38.6. The lowest BCUT2D eigenvalue weighted by atomic mass is 10.4. The Morgan fingerprint density at radius 3 is 2.36 bits per heavy atom. The van der Waals surface area contributed by atoms with Crippen molar-refractivity contribution in [3.63, 3.8) is 0 Å². The number of nitrogen functional groups attached to an aromatic ring is 2. The molecule has 1 aromatic heterocycles. The third-order valence-electron chi connectivity index (χ3n) is 1.28. The minimum absolute atomic E-state index is 0.281. The summed E-state index contributed by atoms with van der Waals surface area (Å²) in [5, 5.41) is 0. The second-order valence-electron chi connectivity index (χ2n) is 2.39. The number of ether oxygens (including phenoxy) is 1. The zero-order valence-corrected chi connectivity index (χ0v) is 6.68. The number of rotatable bonds is 1. The van der Waals surface area contributed by atoms with E-state index in [-0.39, 0.29) is 11.4 Å². The van der Waals surface area contributed by atoms with Crippen LogP contribution in [0.4, 0.5) is 24.5 Å². The molecule has 0 bridgehead atoms. The minimum Gasteiger partial charge on any atom is -0.394 e. The molecule has 0 aliphatic rings. The van der Waals surface area contributed by atoms with E-state index in [4.69, 9.17) is 11.5 Å². The number of nitrogens with two attached hydrogens (primary N) is 2. The molecule has 0 aliphatic carbocycles. The second-order valence-corrected chi connectivity index (χ2v) is 2.39. The summed E-state index contributed by atoms with van der Waals surface area (Å²) in [7, 11) is 0. The van der Waals surface area contributed by atoms with Crippen LogP contribution in [0.15, 0.2) is 10.9 Å². The topological polar surface area (TPSA) is 94.1 Å². The SMILES string of the molecule is Nc1cc(N)c(=O)[nH]c1OC(F)(F)F. The summed E-state index contributed by atoms with van der Waals surface area (Å²) in [5.41, 5.74) is 8.65. The largest absolute Gasteiger partial charge is 0.574 e. The molecule has 0 radical (unpaired) electrons. The van der Waals surface area contributed by atoms with Gasteiger partial charge in [0.05, 0.1) is 11.4 Å². The predicted octanol–water partition coefficient (Wildman–Crippen LogP) is 0.438. The van der Waals surface area contributed by atoms with E-state index in [1.165, 1.54) is 0 Å². The minimum atomic E-state index is -4.91. The Balaban J connectivity index is 3.11. The molecule has 0 saturated heterocycles. The summed E-state index contributed by atoms with van der Waals surface area (Å²) in [5.74, 6) is -0.864. The average molecular weight is 209 g/mol. The number of anilines is 2. The maximum atomic E-state index is 11.7. The van der Waals surface area contributed by atoms with Crippen molar-refractivity contribution in [3.8, 4) is 5.88 Å². The number of aromatic nitrogens is 1. The van der Waals surface area contributed by atoms with Crippen molar-refractivity contribution in [2.45, 2.75) is 6.36 Å². The Hall–Kier alpha value is -1.86. The molecule has 0 spiro atoms. The van der Waals surface area contributed by atoms with Gasteiger partial charge in [-0.05, 0) is 6.07 Å². The van der Waals surface area contributed by atoms with E-state index in [1.807, 2.05) is 0 Å². The standard InChI is InChI=1S/C6H6F3N3O2/c7-6(8,9)14-5-3(11)1-2(10)4(13)12-5/h1H,10-11H2,(H,12,13). The molecule has 1 rings (SSSR count). The van der Waals surface area contributed by atoms with E-state index in [0.29, 0.717) is 0 Å². The highest BCUT2D eigenvalue weighted by atomic mass is 19.4. The quantitative estimate of drug-likeness (QED) is 0.625. The highest BCUT2D eigenvalue weighted by molar-refractivity contribution is 5.56. The number of hydrogen-bond acceptors (Lipinski definition) is 4. The number of halogens is 3. The number of aromatic amines is 1. The van der Waals surface area contributed by atoms with Crippen molar-refractivity contribution in [1.82, 2.24) is 4.98 Å². The lowest BCUT2D eigenvalue weighted by molar-refractivity contribution is -0.275. The number of pyridine rings is 1. The molecule has 1 aromatic rings. The second kappa shape index (κ2) is 3.13. The van der Waals surface area contributed by atoms with Crippen molar-refractivity contribution in [2.24, 2.45) is 0 Å². The fraction of sp³-hybridized carbons (Fsp3) is 0.167. The molecule has 0 saturated carbocycles. The average Bonchev–Trinajstić information content (AvgIpc) is 1.97. The van der Waals surface area contributed by atoms with Crippen LogP contribution in [0.1, 0.15) is 0 Å². The highest BCUT2D eigenvalue weighted by Crippen LogP contribution is 2.25. The molecule has 0 fully saturated rings. The van der Waals surface area contributed by atoms with E-state index in [0.717, 1.165) is 6.07 Å². The summed E-state index contributed by atoms with van der Waals surface area (Å²) in [6.45, 7) is 0. The van der Waals surface area contributed by atoms with Crippen molar-refractivity contribution in [3.05, 3.63) is 16.4 Å². The van der Waals surface area contributed by atoms with Crippen LogP contribution in [0.3, 0.4) is 0 Å². The lowest BCUT2D eigenvalue weighted by Crippen LogP contribution is -2.22. The first kappa shape index (κ1) is 10.2. The molecule has 14 heavy (non-hydrogen) atoms. The maximum absolute atomic E-state index is 11.7. The Bertz CT molecular complexity index is 398. The number of H-pyrrole nitrogens is 1. The fourth-order valence-electron chi connectivity index (χ4n) is 0.746.